The number of likely N-dealkylation sites (N-methyl/N-ethyl adjacent to an activating group) is 1. The summed E-state index contributed by atoms with van der Waals surface area (Å²) in [6, 6.07) is 11.9. The lowest BCUT2D eigenvalue weighted by atomic mass is 10.1. The Bertz CT molecular complexity index is 607. The summed E-state index contributed by atoms with van der Waals surface area (Å²) in [5, 5.41) is 3.25. The molecule has 1 atom stereocenters. The van der Waals surface area contributed by atoms with E-state index in [-0.39, 0.29) is 17.7 Å². The fraction of sp³-hybridized carbons (Fsp3) is 0.250. The normalized spacial score (nSPS) is 12.4. The van der Waals surface area contributed by atoms with Crippen LogP contribution in [0.1, 0.15) is 5.56 Å². The largest absolute Gasteiger partial charge is 0.316 e. The molecular weight excluding hydrogens is 356 g/mol. The van der Waals surface area contributed by atoms with Gasteiger partial charge in [-0.2, -0.15) is 0 Å². The Labute approximate surface area is 136 Å². The summed E-state index contributed by atoms with van der Waals surface area (Å²) in [5.41, 5.74) is 1.06. The van der Waals surface area contributed by atoms with E-state index in [1.165, 1.54) is 18.2 Å². The van der Waals surface area contributed by atoms with Crippen molar-refractivity contribution in [3.05, 3.63) is 64.1 Å². The van der Waals surface area contributed by atoms with E-state index in [2.05, 4.69) is 21.2 Å². The third-order valence-corrected chi connectivity index (χ3v) is 4.89. The quantitative estimate of drug-likeness (QED) is 0.741. The van der Waals surface area contributed by atoms with Gasteiger partial charge in [0.05, 0.1) is 4.47 Å². The second kappa shape index (κ2) is 7.92. The van der Waals surface area contributed by atoms with Gasteiger partial charge in [-0.25, -0.2) is 8.78 Å². The topological polar surface area (TPSA) is 12.0 Å². The van der Waals surface area contributed by atoms with Crippen LogP contribution in [0.4, 0.5) is 8.78 Å². The third-order valence-electron chi connectivity index (χ3n) is 3.12. The summed E-state index contributed by atoms with van der Waals surface area (Å²) in [5.74, 6) is 0.340. The van der Waals surface area contributed by atoms with Crippen LogP contribution in [0.25, 0.3) is 0 Å². The van der Waals surface area contributed by atoms with Crippen molar-refractivity contribution in [3.63, 3.8) is 0 Å². The monoisotopic (exact) mass is 371 g/mol. The van der Waals surface area contributed by atoms with Crippen LogP contribution >= 0.6 is 27.7 Å². The van der Waals surface area contributed by atoms with Crippen molar-refractivity contribution in [2.24, 2.45) is 0 Å². The molecule has 0 fully saturated rings. The van der Waals surface area contributed by atoms with Crippen LogP contribution in [0.2, 0.25) is 0 Å². The molecule has 0 saturated heterocycles. The first-order valence-corrected chi connectivity index (χ1v) is 8.36. The average Bonchev–Trinajstić information content (AvgIpc) is 2.47. The highest BCUT2D eigenvalue weighted by atomic mass is 79.9. The SMILES string of the molecule is CNC(CSc1cccc(F)c1)Cc1ccc(F)c(Br)c1. The minimum Gasteiger partial charge on any atom is -0.316 e. The van der Waals surface area contributed by atoms with Gasteiger partial charge in [0.25, 0.3) is 0 Å². The Morgan fingerprint density at radius 1 is 1.19 bits per heavy atom. The Hall–Kier alpha value is -0.910. The molecular formula is C16H16BrF2NS. The van der Waals surface area contributed by atoms with Crippen LogP contribution in [0, 0.1) is 11.6 Å². The standard InChI is InChI=1S/C16H16BrF2NS/c1-20-13(7-11-5-6-16(19)15(17)8-11)10-21-14-4-2-3-12(18)9-14/h2-6,8-9,13,20H,7,10H2,1H3. The fourth-order valence-electron chi connectivity index (χ4n) is 1.95. The van der Waals surface area contributed by atoms with Gasteiger partial charge < -0.3 is 5.32 Å². The van der Waals surface area contributed by atoms with E-state index in [0.29, 0.717) is 4.47 Å². The van der Waals surface area contributed by atoms with Crippen molar-refractivity contribution in [2.45, 2.75) is 17.4 Å². The number of hydrogen-bond donors (Lipinski definition) is 1. The van der Waals surface area contributed by atoms with Gasteiger partial charge in [-0.1, -0.05) is 12.1 Å². The lowest BCUT2D eigenvalue weighted by molar-refractivity contribution is 0.606. The molecule has 0 amide bonds. The van der Waals surface area contributed by atoms with Crippen molar-refractivity contribution in [3.8, 4) is 0 Å². The predicted octanol–water partition coefficient (Wildman–Crippen LogP) is 4.65. The van der Waals surface area contributed by atoms with Gasteiger partial charge in [0.2, 0.25) is 0 Å². The molecule has 2 rings (SSSR count). The molecule has 0 bridgehead atoms. The van der Waals surface area contributed by atoms with Gasteiger partial charge in [0.1, 0.15) is 11.6 Å². The number of benzene rings is 2. The Morgan fingerprint density at radius 2 is 2.00 bits per heavy atom. The van der Waals surface area contributed by atoms with Crippen LogP contribution in [0.3, 0.4) is 0 Å². The molecule has 0 aliphatic rings. The molecule has 0 radical (unpaired) electrons. The highest BCUT2D eigenvalue weighted by Gasteiger charge is 2.10. The van der Waals surface area contributed by atoms with E-state index in [1.807, 2.05) is 13.1 Å². The lowest BCUT2D eigenvalue weighted by Gasteiger charge is -2.16. The van der Waals surface area contributed by atoms with Crippen molar-refractivity contribution in [1.82, 2.24) is 5.32 Å². The molecule has 21 heavy (non-hydrogen) atoms. The number of nitrogens with one attached hydrogen (secondary N) is 1. The zero-order valence-electron chi connectivity index (χ0n) is 11.6. The lowest BCUT2D eigenvalue weighted by Crippen LogP contribution is -2.30. The molecule has 1 unspecified atom stereocenters. The van der Waals surface area contributed by atoms with Crippen LogP contribution < -0.4 is 5.32 Å². The first-order chi connectivity index (χ1) is 10.1. The summed E-state index contributed by atoms with van der Waals surface area (Å²) in [7, 11) is 1.90. The summed E-state index contributed by atoms with van der Waals surface area (Å²) in [6.07, 6.45) is 0.789. The Kier molecular flexibility index (Phi) is 6.21. The predicted molar refractivity (Wildman–Crippen MR) is 87.8 cm³/mol. The average molecular weight is 372 g/mol. The number of halogens is 3. The Morgan fingerprint density at radius 3 is 2.67 bits per heavy atom. The number of thioether (sulfide) groups is 1. The Balaban J connectivity index is 1.95. The van der Waals surface area contributed by atoms with E-state index < -0.39 is 0 Å². The summed E-state index contributed by atoms with van der Waals surface area (Å²) in [4.78, 5) is 0.913. The van der Waals surface area contributed by atoms with E-state index in [9.17, 15) is 8.78 Å². The molecule has 1 nitrogen and oxygen atoms in total. The van der Waals surface area contributed by atoms with Crippen LogP contribution in [0.5, 0.6) is 0 Å². The zero-order valence-corrected chi connectivity index (χ0v) is 14.0. The van der Waals surface area contributed by atoms with Gasteiger partial charge in [-0.05, 0) is 65.3 Å². The van der Waals surface area contributed by atoms with Crippen molar-refractivity contribution in [2.75, 3.05) is 12.8 Å². The first-order valence-electron chi connectivity index (χ1n) is 6.58. The van der Waals surface area contributed by atoms with Gasteiger partial charge in [-0.15, -0.1) is 11.8 Å². The molecule has 5 heteroatoms. The minimum atomic E-state index is -0.256. The van der Waals surface area contributed by atoms with Crippen LogP contribution in [-0.4, -0.2) is 18.8 Å². The van der Waals surface area contributed by atoms with E-state index >= 15 is 0 Å². The molecule has 1 N–H and O–H groups in total. The highest BCUT2D eigenvalue weighted by molar-refractivity contribution is 9.10. The molecule has 0 saturated carbocycles. The van der Waals surface area contributed by atoms with Crippen molar-refractivity contribution >= 4 is 27.7 Å². The second-order valence-corrected chi connectivity index (χ2v) is 6.65. The van der Waals surface area contributed by atoms with E-state index in [0.717, 1.165) is 22.6 Å². The van der Waals surface area contributed by atoms with Gasteiger partial charge in [0.15, 0.2) is 0 Å². The summed E-state index contributed by atoms with van der Waals surface area (Å²) >= 11 is 4.80. The summed E-state index contributed by atoms with van der Waals surface area (Å²) < 4.78 is 26.8. The number of hydrogen-bond acceptors (Lipinski definition) is 2. The maximum absolute atomic E-state index is 13.2. The smallest absolute Gasteiger partial charge is 0.137 e. The van der Waals surface area contributed by atoms with E-state index in [4.69, 9.17) is 0 Å². The maximum Gasteiger partial charge on any atom is 0.137 e. The minimum absolute atomic E-state index is 0.219. The molecule has 2 aromatic rings. The van der Waals surface area contributed by atoms with Gasteiger partial charge in [0, 0.05) is 16.7 Å². The van der Waals surface area contributed by atoms with Crippen LogP contribution in [-0.2, 0) is 6.42 Å². The molecule has 0 spiro atoms. The van der Waals surface area contributed by atoms with Crippen LogP contribution in [0.15, 0.2) is 51.8 Å². The molecule has 2 aromatic carbocycles. The molecule has 112 valence electrons. The zero-order chi connectivity index (χ0) is 15.2. The first kappa shape index (κ1) is 16.5. The molecule has 0 heterocycles. The highest BCUT2D eigenvalue weighted by Crippen LogP contribution is 2.22. The molecule has 0 aromatic heterocycles. The number of rotatable bonds is 6. The molecule has 0 aliphatic carbocycles. The third kappa shape index (κ3) is 5.09. The second-order valence-electron chi connectivity index (χ2n) is 4.71. The van der Waals surface area contributed by atoms with Gasteiger partial charge >= 0.3 is 0 Å². The fourth-order valence-corrected chi connectivity index (χ4v) is 3.42. The van der Waals surface area contributed by atoms with Gasteiger partial charge in [-0.3, -0.25) is 0 Å². The van der Waals surface area contributed by atoms with Crippen molar-refractivity contribution in [1.29, 1.82) is 0 Å². The van der Waals surface area contributed by atoms with Crippen molar-refractivity contribution < 1.29 is 8.78 Å². The maximum atomic E-state index is 13.2. The summed E-state index contributed by atoms with van der Waals surface area (Å²) in [6.45, 7) is 0. The molecule has 0 aliphatic heterocycles. The van der Waals surface area contributed by atoms with E-state index in [1.54, 1.807) is 30.0 Å².